The van der Waals surface area contributed by atoms with Crippen LogP contribution in [0.25, 0.3) is 0 Å². The normalized spacial score (nSPS) is 30.7. The van der Waals surface area contributed by atoms with Crippen molar-refractivity contribution in [3.63, 3.8) is 0 Å². The summed E-state index contributed by atoms with van der Waals surface area (Å²) in [6, 6.07) is 0.583. The van der Waals surface area contributed by atoms with E-state index in [-0.39, 0.29) is 0 Å². The van der Waals surface area contributed by atoms with E-state index in [2.05, 4.69) is 44.8 Å². The van der Waals surface area contributed by atoms with Crippen LogP contribution in [-0.2, 0) is 4.74 Å². The van der Waals surface area contributed by atoms with Crippen LogP contribution in [0.2, 0.25) is 0 Å². The lowest BCUT2D eigenvalue weighted by molar-refractivity contribution is 0.0166. The summed E-state index contributed by atoms with van der Waals surface area (Å²) in [5.74, 6) is 0. The molecular weight excluding hydrogens is 224 g/mol. The fourth-order valence-corrected chi connectivity index (χ4v) is 2.65. The van der Waals surface area contributed by atoms with Crippen LogP contribution < -0.4 is 5.32 Å². The minimum absolute atomic E-state index is 0.301. The van der Waals surface area contributed by atoms with Crippen LogP contribution in [0.1, 0.15) is 47.5 Å². The van der Waals surface area contributed by atoms with E-state index >= 15 is 0 Å². The van der Waals surface area contributed by atoms with Gasteiger partial charge in [-0.15, -0.1) is 0 Å². The first-order valence-corrected chi connectivity index (χ1v) is 7.31. The van der Waals surface area contributed by atoms with Gasteiger partial charge in [0.05, 0.1) is 0 Å². The molecular formula is C15H32N2O. The molecule has 3 nitrogen and oxygen atoms in total. The highest BCUT2D eigenvalue weighted by Crippen LogP contribution is 2.29. The average Bonchev–Trinajstić information content (AvgIpc) is 2.30. The van der Waals surface area contributed by atoms with Gasteiger partial charge in [0.2, 0.25) is 0 Å². The summed E-state index contributed by atoms with van der Waals surface area (Å²) in [6.45, 7) is 15.9. The van der Waals surface area contributed by atoms with Crippen molar-refractivity contribution in [1.82, 2.24) is 10.2 Å². The third-order valence-electron chi connectivity index (χ3n) is 4.48. The zero-order valence-electron chi connectivity index (χ0n) is 13.2. The van der Waals surface area contributed by atoms with E-state index < -0.39 is 0 Å². The Balaban J connectivity index is 2.65. The first kappa shape index (κ1) is 15.9. The lowest BCUT2D eigenvalue weighted by atomic mass is 9.81. The maximum Gasteiger partial charge on any atom is 0.0474 e. The maximum atomic E-state index is 5.19. The van der Waals surface area contributed by atoms with Gasteiger partial charge in [-0.25, -0.2) is 0 Å². The van der Waals surface area contributed by atoms with Crippen LogP contribution >= 0.6 is 0 Å². The highest BCUT2D eigenvalue weighted by Gasteiger charge is 2.39. The van der Waals surface area contributed by atoms with Crippen molar-refractivity contribution in [2.75, 3.05) is 33.4 Å². The number of nitrogens with one attached hydrogen (secondary N) is 1. The molecule has 0 amide bonds. The Morgan fingerprint density at radius 1 is 1.39 bits per heavy atom. The lowest BCUT2D eigenvalue weighted by Gasteiger charge is -2.51. The van der Waals surface area contributed by atoms with Crippen molar-refractivity contribution in [1.29, 1.82) is 0 Å². The van der Waals surface area contributed by atoms with Crippen LogP contribution in [0.15, 0.2) is 0 Å². The van der Waals surface area contributed by atoms with Gasteiger partial charge in [-0.05, 0) is 25.2 Å². The molecule has 0 saturated carbocycles. The van der Waals surface area contributed by atoms with E-state index in [0.29, 0.717) is 17.0 Å². The van der Waals surface area contributed by atoms with Gasteiger partial charge >= 0.3 is 0 Å². The molecule has 2 unspecified atom stereocenters. The SMILES string of the molecule is CCC1(C)CNC(C(C)(C)C)CN1CCCOC. The minimum Gasteiger partial charge on any atom is -0.385 e. The Bertz CT molecular complexity index is 249. The van der Waals surface area contributed by atoms with E-state index in [4.69, 9.17) is 4.74 Å². The quantitative estimate of drug-likeness (QED) is 0.765. The predicted octanol–water partition coefficient (Wildman–Crippen LogP) is 2.51. The van der Waals surface area contributed by atoms with E-state index in [1.165, 1.54) is 6.42 Å². The van der Waals surface area contributed by atoms with Crippen molar-refractivity contribution >= 4 is 0 Å². The Labute approximate surface area is 113 Å². The average molecular weight is 256 g/mol. The number of hydrogen-bond acceptors (Lipinski definition) is 3. The van der Waals surface area contributed by atoms with Crippen molar-refractivity contribution in [3.05, 3.63) is 0 Å². The number of piperazine rings is 1. The standard InChI is InChI=1S/C15H32N2O/c1-7-15(5)12-16-13(14(2,3)4)11-17(15)9-8-10-18-6/h13,16H,7-12H2,1-6H3. The van der Waals surface area contributed by atoms with Gasteiger partial charge in [-0.1, -0.05) is 27.7 Å². The smallest absolute Gasteiger partial charge is 0.0474 e. The van der Waals surface area contributed by atoms with Crippen molar-refractivity contribution in [2.24, 2.45) is 5.41 Å². The number of rotatable bonds is 5. The first-order chi connectivity index (χ1) is 8.33. The van der Waals surface area contributed by atoms with Gasteiger partial charge in [0, 0.05) is 44.9 Å². The highest BCUT2D eigenvalue weighted by atomic mass is 16.5. The van der Waals surface area contributed by atoms with Crippen molar-refractivity contribution < 1.29 is 4.74 Å². The number of methoxy groups -OCH3 is 1. The second-order valence-electron chi connectivity index (χ2n) is 6.94. The van der Waals surface area contributed by atoms with E-state index in [1.807, 2.05) is 0 Å². The molecule has 2 atom stereocenters. The van der Waals surface area contributed by atoms with Gasteiger partial charge in [-0.3, -0.25) is 4.90 Å². The van der Waals surface area contributed by atoms with Gasteiger partial charge in [0.15, 0.2) is 0 Å². The molecule has 3 heteroatoms. The molecule has 1 heterocycles. The summed E-state index contributed by atoms with van der Waals surface area (Å²) in [4.78, 5) is 2.67. The fourth-order valence-electron chi connectivity index (χ4n) is 2.65. The molecule has 1 fully saturated rings. The Morgan fingerprint density at radius 2 is 2.06 bits per heavy atom. The van der Waals surface area contributed by atoms with Gasteiger partial charge in [0.1, 0.15) is 0 Å². The van der Waals surface area contributed by atoms with E-state index in [1.54, 1.807) is 7.11 Å². The number of ether oxygens (including phenoxy) is 1. The second kappa shape index (κ2) is 6.36. The molecule has 0 aromatic carbocycles. The summed E-state index contributed by atoms with van der Waals surface area (Å²) >= 11 is 0. The van der Waals surface area contributed by atoms with E-state index in [0.717, 1.165) is 32.7 Å². The summed E-state index contributed by atoms with van der Waals surface area (Å²) < 4.78 is 5.19. The lowest BCUT2D eigenvalue weighted by Crippen LogP contribution is -2.65. The van der Waals surface area contributed by atoms with Gasteiger partial charge in [-0.2, -0.15) is 0 Å². The molecule has 0 spiro atoms. The zero-order valence-corrected chi connectivity index (χ0v) is 13.2. The largest absolute Gasteiger partial charge is 0.385 e. The predicted molar refractivity (Wildman–Crippen MR) is 78.0 cm³/mol. The molecule has 1 saturated heterocycles. The highest BCUT2D eigenvalue weighted by molar-refractivity contribution is 4.98. The molecule has 18 heavy (non-hydrogen) atoms. The topological polar surface area (TPSA) is 24.5 Å². The van der Waals surface area contributed by atoms with Gasteiger partial charge in [0.25, 0.3) is 0 Å². The molecule has 0 radical (unpaired) electrons. The molecule has 0 aromatic heterocycles. The second-order valence-corrected chi connectivity index (χ2v) is 6.94. The Hall–Kier alpha value is -0.120. The molecule has 1 N–H and O–H groups in total. The third kappa shape index (κ3) is 3.94. The summed E-state index contributed by atoms with van der Waals surface area (Å²) in [5, 5.41) is 3.75. The fraction of sp³-hybridized carbons (Fsp3) is 1.00. The van der Waals surface area contributed by atoms with Crippen molar-refractivity contribution in [2.45, 2.75) is 59.0 Å². The molecule has 0 aliphatic carbocycles. The summed E-state index contributed by atoms with van der Waals surface area (Å²) in [5.41, 5.74) is 0.629. The summed E-state index contributed by atoms with van der Waals surface area (Å²) in [7, 11) is 1.79. The Morgan fingerprint density at radius 3 is 2.56 bits per heavy atom. The maximum absolute atomic E-state index is 5.19. The van der Waals surface area contributed by atoms with Crippen LogP contribution in [0.5, 0.6) is 0 Å². The van der Waals surface area contributed by atoms with Crippen LogP contribution in [0.3, 0.4) is 0 Å². The minimum atomic E-state index is 0.301. The Kier molecular flexibility index (Phi) is 5.63. The van der Waals surface area contributed by atoms with Crippen LogP contribution in [0.4, 0.5) is 0 Å². The molecule has 1 aliphatic rings. The molecule has 1 rings (SSSR count). The zero-order chi connectivity index (χ0) is 13.8. The molecule has 0 aromatic rings. The number of hydrogen-bond donors (Lipinski definition) is 1. The van der Waals surface area contributed by atoms with Crippen LogP contribution in [0, 0.1) is 5.41 Å². The molecule has 108 valence electrons. The third-order valence-corrected chi connectivity index (χ3v) is 4.48. The summed E-state index contributed by atoms with van der Waals surface area (Å²) in [6.07, 6.45) is 2.33. The van der Waals surface area contributed by atoms with Crippen LogP contribution in [-0.4, -0.2) is 49.8 Å². The first-order valence-electron chi connectivity index (χ1n) is 7.31. The molecule has 1 aliphatic heterocycles. The van der Waals surface area contributed by atoms with E-state index in [9.17, 15) is 0 Å². The number of nitrogens with zero attached hydrogens (tertiary/aromatic N) is 1. The molecule has 0 bridgehead atoms. The van der Waals surface area contributed by atoms with Gasteiger partial charge < -0.3 is 10.1 Å². The van der Waals surface area contributed by atoms with Crippen molar-refractivity contribution in [3.8, 4) is 0 Å². The monoisotopic (exact) mass is 256 g/mol.